The van der Waals surface area contributed by atoms with E-state index in [1.807, 2.05) is 45.9 Å². The van der Waals surface area contributed by atoms with Gasteiger partial charge >= 0.3 is 9.53 Å². The fourth-order valence-electron chi connectivity index (χ4n) is 1.65. The van der Waals surface area contributed by atoms with Crippen molar-refractivity contribution in [3.63, 3.8) is 0 Å². The molecular weight excluding hydrogens is 270 g/mol. The van der Waals surface area contributed by atoms with Crippen LogP contribution in [0, 0.1) is 0 Å². The highest BCUT2D eigenvalue weighted by Gasteiger charge is 2.26. The molecule has 113 valence electrons. The third-order valence-electron chi connectivity index (χ3n) is 2.48. The first-order valence-electron chi connectivity index (χ1n) is 7.19. The molecule has 0 unspecified atom stereocenters. The minimum atomic E-state index is -1.77. The summed E-state index contributed by atoms with van der Waals surface area (Å²) < 4.78 is 17.5. The van der Waals surface area contributed by atoms with Crippen molar-refractivity contribution in [3.05, 3.63) is 29.8 Å². The molecule has 0 heterocycles. The maximum atomic E-state index is 5.98. The summed E-state index contributed by atoms with van der Waals surface area (Å²) in [6, 6.07) is 8.00. The highest BCUT2D eigenvalue weighted by molar-refractivity contribution is 6.37. The Labute approximate surface area is 124 Å². The summed E-state index contributed by atoms with van der Waals surface area (Å²) in [5, 5.41) is 0. The van der Waals surface area contributed by atoms with Crippen LogP contribution in [0.25, 0.3) is 0 Å². The molecule has 0 fully saturated rings. The highest BCUT2D eigenvalue weighted by Crippen LogP contribution is 2.21. The molecule has 0 aromatic heterocycles. The van der Waals surface area contributed by atoms with Crippen molar-refractivity contribution < 1.29 is 13.3 Å². The van der Waals surface area contributed by atoms with Gasteiger partial charge in [-0.15, -0.1) is 0 Å². The largest absolute Gasteiger partial charge is 0.656 e. The predicted octanol–water partition coefficient (Wildman–Crippen LogP) is 2.79. The van der Waals surface area contributed by atoms with E-state index in [-0.39, 0.29) is 12.2 Å². The standard InChI is InChI=1S/C15H26NO3Si/c1-12(2)17-20(18-13(3)4)19-15-10-6-5-8-14(15)9-7-11-16/h5-6,8,10,12-13H,7,9,11,16H2,1-4H3. The van der Waals surface area contributed by atoms with E-state index in [0.29, 0.717) is 6.54 Å². The number of hydrogen-bond donors (Lipinski definition) is 1. The van der Waals surface area contributed by atoms with Crippen LogP contribution in [-0.2, 0) is 15.3 Å². The predicted molar refractivity (Wildman–Crippen MR) is 82.6 cm³/mol. The van der Waals surface area contributed by atoms with E-state index in [9.17, 15) is 0 Å². The van der Waals surface area contributed by atoms with Crippen molar-refractivity contribution in [2.45, 2.75) is 52.7 Å². The van der Waals surface area contributed by atoms with Crippen molar-refractivity contribution in [1.82, 2.24) is 0 Å². The number of benzene rings is 1. The lowest BCUT2D eigenvalue weighted by molar-refractivity contribution is 0.0847. The molecule has 1 rings (SSSR count). The Kier molecular flexibility index (Phi) is 7.83. The summed E-state index contributed by atoms with van der Waals surface area (Å²) in [6.07, 6.45) is 2.02. The topological polar surface area (TPSA) is 53.7 Å². The first-order valence-corrected chi connectivity index (χ1v) is 8.41. The normalized spacial score (nSPS) is 11.6. The van der Waals surface area contributed by atoms with E-state index < -0.39 is 9.53 Å². The maximum absolute atomic E-state index is 5.98. The van der Waals surface area contributed by atoms with Crippen molar-refractivity contribution in [3.8, 4) is 5.75 Å². The van der Waals surface area contributed by atoms with Gasteiger partial charge in [-0.1, -0.05) is 18.2 Å². The summed E-state index contributed by atoms with van der Waals surface area (Å²) in [7, 11) is -1.77. The van der Waals surface area contributed by atoms with Crippen molar-refractivity contribution >= 4 is 9.53 Å². The van der Waals surface area contributed by atoms with Crippen LogP contribution < -0.4 is 10.2 Å². The van der Waals surface area contributed by atoms with Gasteiger partial charge in [0.05, 0.1) is 0 Å². The van der Waals surface area contributed by atoms with Gasteiger partial charge in [-0.05, 0) is 58.7 Å². The van der Waals surface area contributed by atoms with Crippen LogP contribution in [0.2, 0.25) is 0 Å². The van der Waals surface area contributed by atoms with Crippen molar-refractivity contribution in [2.24, 2.45) is 5.73 Å². The third kappa shape index (κ3) is 6.52. The minimum absolute atomic E-state index is 0.0823. The first-order chi connectivity index (χ1) is 9.52. The van der Waals surface area contributed by atoms with Crippen molar-refractivity contribution in [1.29, 1.82) is 0 Å². The van der Waals surface area contributed by atoms with Gasteiger partial charge in [0.1, 0.15) is 5.75 Å². The highest BCUT2D eigenvalue weighted by atomic mass is 28.3. The van der Waals surface area contributed by atoms with E-state index >= 15 is 0 Å². The summed E-state index contributed by atoms with van der Waals surface area (Å²) in [4.78, 5) is 0. The van der Waals surface area contributed by atoms with E-state index in [4.69, 9.17) is 19.0 Å². The Hall–Kier alpha value is -0.883. The molecule has 0 saturated heterocycles. The van der Waals surface area contributed by atoms with Crippen LogP contribution in [0.1, 0.15) is 39.7 Å². The molecule has 2 N–H and O–H groups in total. The molecule has 0 spiro atoms. The Morgan fingerprint density at radius 3 is 2.20 bits per heavy atom. The van der Waals surface area contributed by atoms with Crippen LogP contribution in [0.4, 0.5) is 0 Å². The fraction of sp³-hybridized carbons (Fsp3) is 0.600. The van der Waals surface area contributed by atoms with Crippen LogP contribution in [0.15, 0.2) is 24.3 Å². The molecule has 0 aliphatic heterocycles. The molecule has 0 aliphatic carbocycles. The van der Waals surface area contributed by atoms with Crippen molar-refractivity contribution in [2.75, 3.05) is 6.54 Å². The number of aryl methyl sites for hydroxylation is 1. The fourth-order valence-corrected chi connectivity index (χ4v) is 2.95. The maximum Gasteiger partial charge on any atom is 0.656 e. The first kappa shape index (κ1) is 17.2. The molecule has 20 heavy (non-hydrogen) atoms. The van der Waals surface area contributed by atoms with Crippen LogP contribution in [0.5, 0.6) is 5.75 Å². The third-order valence-corrected chi connectivity index (χ3v) is 4.19. The molecule has 0 amide bonds. The summed E-state index contributed by atoms with van der Waals surface area (Å²) in [5.41, 5.74) is 6.73. The Morgan fingerprint density at radius 1 is 1.05 bits per heavy atom. The quantitative estimate of drug-likeness (QED) is 0.712. The second kappa shape index (κ2) is 9.13. The lowest BCUT2D eigenvalue weighted by Gasteiger charge is -2.21. The summed E-state index contributed by atoms with van der Waals surface area (Å²) in [6.45, 7) is 8.61. The lowest BCUT2D eigenvalue weighted by atomic mass is 10.1. The monoisotopic (exact) mass is 296 g/mol. The zero-order valence-corrected chi connectivity index (χ0v) is 13.9. The smallest absolute Gasteiger partial charge is 0.498 e. The van der Waals surface area contributed by atoms with Gasteiger partial charge in [-0.25, -0.2) is 0 Å². The molecule has 0 saturated carbocycles. The van der Waals surface area contributed by atoms with Gasteiger partial charge in [0, 0.05) is 12.2 Å². The molecule has 1 aromatic carbocycles. The SMILES string of the molecule is CC(C)O[Si](Oc1ccccc1CCCN)OC(C)C. The molecule has 0 aliphatic rings. The van der Waals surface area contributed by atoms with E-state index in [1.54, 1.807) is 0 Å². The minimum Gasteiger partial charge on any atom is -0.498 e. The van der Waals surface area contributed by atoms with E-state index in [2.05, 4.69) is 6.07 Å². The molecule has 1 radical (unpaired) electrons. The molecule has 1 aromatic rings. The number of rotatable bonds is 9. The molecule has 0 bridgehead atoms. The van der Waals surface area contributed by atoms with Gasteiger partial charge in [0.15, 0.2) is 0 Å². The van der Waals surface area contributed by atoms with E-state index in [0.717, 1.165) is 24.2 Å². The van der Waals surface area contributed by atoms with Gasteiger partial charge < -0.3 is 19.0 Å². The number of para-hydroxylation sites is 1. The number of nitrogens with two attached hydrogens (primary N) is 1. The molecule has 0 atom stereocenters. The van der Waals surface area contributed by atoms with Crippen LogP contribution in [-0.4, -0.2) is 28.3 Å². The summed E-state index contributed by atoms with van der Waals surface area (Å²) in [5.74, 6) is 0.844. The van der Waals surface area contributed by atoms with Gasteiger partial charge in [-0.3, -0.25) is 0 Å². The Bertz CT molecular complexity index is 375. The zero-order chi connectivity index (χ0) is 15.0. The average molecular weight is 296 g/mol. The Balaban J connectivity index is 2.75. The lowest BCUT2D eigenvalue weighted by Crippen LogP contribution is -2.35. The number of hydrogen-bond acceptors (Lipinski definition) is 4. The van der Waals surface area contributed by atoms with Gasteiger partial charge in [0.25, 0.3) is 0 Å². The zero-order valence-electron chi connectivity index (χ0n) is 12.9. The molecule has 5 heteroatoms. The molecule has 4 nitrogen and oxygen atoms in total. The van der Waals surface area contributed by atoms with Gasteiger partial charge in [-0.2, -0.15) is 0 Å². The summed E-state index contributed by atoms with van der Waals surface area (Å²) >= 11 is 0. The average Bonchev–Trinajstić information content (AvgIpc) is 2.36. The van der Waals surface area contributed by atoms with Crippen LogP contribution >= 0.6 is 0 Å². The second-order valence-electron chi connectivity index (χ2n) is 5.19. The van der Waals surface area contributed by atoms with E-state index in [1.165, 1.54) is 0 Å². The Morgan fingerprint density at radius 2 is 1.65 bits per heavy atom. The molecular formula is C15H26NO3Si. The van der Waals surface area contributed by atoms with Crippen LogP contribution in [0.3, 0.4) is 0 Å². The second-order valence-corrected chi connectivity index (χ2v) is 6.36. The van der Waals surface area contributed by atoms with Gasteiger partial charge in [0.2, 0.25) is 0 Å².